The molecule has 0 atom stereocenters. The van der Waals surface area contributed by atoms with E-state index in [4.69, 9.17) is 5.73 Å². The van der Waals surface area contributed by atoms with Crippen LogP contribution in [0.15, 0.2) is 18.2 Å². The molecule has 1 aromatic carbocycles. The molecule has 0 spiro atoms. The quantitative estimate of drug-likeness (QED) is 0.806. The second kappa shape index (κ2) is 5.01. The number of aryl methyl sites for hydroxylation is 1. The van der Waals surface area contributed by atoms with Crippen LogP contribution >= 0.6 is 0 Å². The van der Waals surface area contributed by atoms with Crippen molar-refractivity contribution in [2.75, 3.05) is 12.3 Å². The van der Waals surface area contributed by atoms with E-state index in [9.17, 15) is 4.79 Å². The monoisotopic (exact) mass is 246 g/mol. The minimum Gasteiger partial charge on any atom is -0.398 e. The number of carbonyl (C=O) groups is 1. The Morgan fingerprint density at radius 3 is 2.72 bits per heavy atom. The molecule has 0 bridgehead atoms. The summed E-state index contributed by atoms with van der Waals surface area (Å²) in [5.74, 6) is -0.0516. The third kappa shape index (κ3) is 2.84. The van der Waals surface area contributed by atoms with Crippen LogP contribution in [0.2, 0.25) is 0 Å². The summed E-state index contributed by atoms with van der Waals surface area (Å²) in [5, 5.41) is 3.03. The van der Waals surface area contributed by atoms with Crippen molar-refractivity contribution in [2.24, 2.45) is 5.41 Å². The summed E-state index contributed by atoms with van der Waals surface area (Å²) >= 11 is 0. The predicted octanol–water partition coefficient (Wildman–Crippen LogP) is 2.89. The van der Waals surface area contributed by atoms with Gasteiger partial charge in [-0.05, 0) is 37.3 Å². The van der Waals surface area contributed by atoms with Crippen molar-refractivity contribution in [2.45, 2.75) is 39.5 Å². The molecule has 3 heteroatoms. The van der Waals surface area contributed by atoms with Gasteiger partial charge in [-0.3, -0.25) is 4.79 Å². The zero-order chi connectivity index (χ0) is 13.2. The van der Waals surface area contributed by atoms with Crippen molar-refractivity contribution in [3.8, 4) is 0 Å². The predicted molar refractivity (Wildman–Crippen MR) is 74.5 cm³/mol. The molecule has 0 saturated heterocycles. The molecule has 1 fully saturated rings. The fourth-order valence-electron chi connectivity index (χ4n) is 2.66. The van der Waals surface area contributed by atoms with E-state index in [-0.39, 0.29) is 11.3 Å². The molecule has 0 aliphatic heterocycles. The summed E-state index contributed by atoms with van der Waals surface area (Å²) < 4.78 is 0. The molecule has 98 valence electrons. The minimum atomic E-state index is -0.0516. The van der Waals surface area contributed by atoms with E-state index in [1.165, 1.54) is 25.7 Å². The van der Waals surface area contributed by atoms with E-state index in [0.717, 1.165) is 12.1 Å². The molecule has 1 aromatic rings. The van der Waals surface area contributed by atoms with E-state index >= 15 is 0 Å². The normalized spacial score (nSPS) is 17.7. The van der Waals surface area contributed by atoms with Gasteiger partial charge in [-0.1, -0.05) is 31.4 Å². The van der Waals surface area contributed by atoms with Crippen LogP contribution in [-0.2, 0) is 0 Å². The number of nitrogen functional groups attached to an aromatic ring is 1. The first-order chi connectivity index (χ1) is 8.50. The SMILES string of the molecule is Cc1ccc(N)c(C(=O)NCC2(C)CCCC2)c1. The molecule has 0 aromatic heterocycles. The second-order valence-corrected chi connectivity index (χ2v) is 5.79. The number of amides is 1. The average molecular weight is 246 g/mol. The summed E-state index contributed by atoms with van der Waals surface area (Å²) in [4.78, 5) is 12.1. The Balaban J connectivity index is 2.01. The number of rotatable bonds is 3. The highest BCUT2D eigenvalue weighted by Crippen LogP contribution is 2.36. The van der Waals surface area contributed by atoms with E-state index in [1.807, 2.05) is 19.1 Å². The highest BCUT2D eigenvalue weighted by Gasteiger charge is 2.29. The van der Waals surface area contributed by atoms with Gasteiger partial charge in [0.05, 0.1) is 5.56 Å². The summed E-state index contributed by atoms with van der Waals surface area (Å²) in [7, 11) is 0. The van der Waals surface area contributed by atoms with Crippen molar-refractivity contribution >= 4 is 11.6 Å². The lowest BCUT2D eigenvalue weighted by atomic mass is 9.89. The van der Waals surface area contributed by atoms with Gasteiger partial charge < -0.3 is 11.1 Å². The number of nitrogens with two attached hydrogens (primary N) is 1. The number of carbonyl (C=O) groups excluding carboxylic acids is 1. The Morgan fingerprint density at radius 2 is 2.06 bits per heavy atom. The fourth-order valence-corrected chi connectivity index (χ4v) is 2.66. The number of hydrogen-bond acceptors (Lipinski definition) is 2. The minimum absolute atomic E-state index is 0.0516. The van der Waals surface area contributed by atoms with Gasteiger partial charge in [-0.2, -0.15) is 0 Å². The molecule has 3 N–H and O–H groups in total. The molecule has 1 aliphatic carbocycles. The highest BCUT2D eigenvalue weighted by atomic mass is 16.1. The topological polar surface area (TPSA) is 55.1 Å². The zero-order valence-electron chi connectivity index (χ0n) is 11.3. The molecule has 1 saturated carbocycles. The third-order valence-corrected chi connectivity index (χ3v) is 3.94. The lowest BCUT2D eigenvalue weighted by Crippen LogP contribution is -2.34. The number of hydrogen-bond donors (Lipinski definition) is 2. The maximum atomic E-state index is 12.1. The molecular weight excluding hydrogens is 224 g/mol. The van der Waals surface area contributed by atoms with Gasteiger partial charge in [-0.15, -0.1) is 0 Å². The van der Waals surface area contributed by atoms with Gasteiger partial charge in [0, 0.05) is 12.2 Å². The largest absolute Gasteiger partial charge is 0.398 e. The van der Waals surface area contributed by atoms with Crippen LogP contribution in [0.3, 0.4) is 0 Å². The molecular formula is C15H22N2O. The lowest BCUT2D eigenvalue weighted by Gasteiger charge is -2.23. The summed E-state index contributed by atoms with van der Waals surface area (Å²) in [6.45, 7) is 4.97. The number of nitrogens with one attached hydrogen (secondary N) is 1. The van der Waals surface area contributed by atoms with Crippen LogP contribution in [0, 0.1) is 12.3 Å². The second-order valence-electron chi connectivity index (χ2n) is 5.79. The smallest absolute Gasteiger partial charge is 0.253 e. The molecule has 2 rings (SSSR count). The maximum absolute atomic E-state index is 12.1. The Labute approximate surface area is 109 Å². The van der Waals surface area contributed by atoms with Crippen molar-refractivity contribution < 1.29 is 4.79 Å². The van der Waals surface area contributed by atoms with Gasteiger partial charge in [0.25, 0.3) is 5.91 Å². The van der Waals surface area contributed by atoms with Crippen LogP contribution in [0.25, 0.3) is 0 Å². The first-order valence-corrected chi connectivity index (χ1v) is 6.65. The van der Waals surface area contributed by atoms with Crippen molar-refractivity contribution in [3.63, 3.8) is 0 Å². The van der Waals surface area contributed by atoms with Crippen LogP contribution in [0.5, 0.6) is 0 Å². The third-order valence-electron chi connectivity index (χ3n) is 3.94. The fraction of sp³-hybridized carbons (Fsp3) is 0.533. The molecule has 18 heavy (non-hydrogen) atoms. The van der Waals surface area contributed by atoms with Crippen LogP contribution in [0.1, 0.15) is 48.5 Å². The molecule has 0 radical (unpaired) electrons. The highest BCUT2D eigenvalue weighted by molar-refractivity contribution is 5.99. The van der Waals surface area contributed by atoms with Crippen LogP contribution < -0.4 is 11.1 Å². The van der Waals surface area contributed by atoms with E-state index in [1.54, 1.807) is 6.07 Å². The van der Waals surface area contributed by atoms with Crippen molar-refractivity contribution in [1.29, 1.82) is 0 Å². The average Bonchev–Trinajstić information content (AvgIpc) is 2.77. The van der Waals surface area contributed by atoms with E-state index in [0.29, 0.717) is 11.3 Å². The summed E-state index contributed by atoms with van der Waals surface area (Å²) in [6.07, 6.45) is 4.96. The number of anilines is 1. The Morgan fingerprint density at radius 1 is 1.39 bits per heavy atom. The van der Waals surface area contributed by atoms with Gasteiger partial charge in [0.2, 0.25) is 0 Å². The Bertz CT molecular complexity index is 448. The molecule has 0 heterocycles. The van der Waals surface area contributed by atoms with Gasteiger partial charge >= 0.3 is 0 Å². The van der Waals surface area contributed by atoms with Gasteiger partial charge in [0.15, 0.2) is 0 Å². The lowest BCUT2D eigenvalue weighted by molar-refractivity contribution is 0.0935. The summed E-state index contributed by atoms with van der Waals surface area (Å²) in [5.41, 5.74) is 8.32. The molecule has 1 amide bonds. The number of benzene rings is 1. The van der Waals surface area contributed by atoms with Crippen molar-refractivity contribution in [1.82, 2.24) is 5.32 Å². The maximum Gasteiger partial charge on any atom is 0.253 e. The standard InChI is InChI=1S/C15H22N2O/c1-11-5-6-13(16)12(9-11)14(18)17-10-15(2)7-3-4-8-15/h5-6,9H,3-4,7-8,10,16H2,1-2H3,(H,17,18). The summed E-state index contributed by atoms with van der Waals surface area (Å²) in [6, 6.07) is 5.56. The Kier molecular flexibility index (Phi) is 3.60. The van der Waals surface area contributed by atoms with E-state index in [2.05, 4.69) is 12.2 Å². The molecule has 3 nitrogen and oxygen atoms in total. The molecule has 1 aliphatic rings. The zero-order valence-corrected chi connectivity index (χ0v) is 11.3. The first-order valence-electron chi connectivity index (χ1n) is 6.65. The van der Waals surface area contributed by atoms with Crippen LogP contribution in [-0.4, -0.2) is 12.5 Å². The van der Waals surface area contributed by atoms with Gasteiger partial charge in [0.1, 0.15) is 0 Å². The first kappa shape index (κ1) is 12.9. The van der Waals surface area contributed by atoms with E-state index < -0.39 is 0 Å². The van der Waals surface area contributed by atoms with Crippen LogP contribution in [0.4, 0.5) is 5.69 Å². The van der Waals surface area contributed by atoms with Crippen molar-refractivity contribution in [3.05, 3.63) is 29.3 Å². The molecule has 0 unspecified atom stereocenters. The Hall–Kier alpha value is -1.51. The van der Waals surface area contributed by atoms with Gasteiger partial charge in [-0.25, -0.2) is 0 Å².